The summed E-state index contributed by atoms with van der Waals surface area (Å²) in [5, 5.41) is 17.2. The molecule has 0 aliphatic heterocycles. The molecule has 1 saturated carbocycles. The van der Waals surface area contributed by atoms with Gasteiger partial charge in [-0.25, -0.2) is 0 Å². The minimum atomic E-state index is -0.937. The lowest BCUT2D eigenvalue weighted by molar-refractivity contribution is -0.147. The molecule has 4 heteroatoms. The highest BCUT2D eigenvalue weighted by Gasteiger charge is 2.25. The molecular formula is C8H14O4. The van der Waals surface area contributed by atoms with Crippen molar-refractivity contribution < 1.29 is 19.7 Å². The van der Waals surface area contributed by atoms with Crippen molar-refractivity contribution in [3.63, 3.8) is 0 Å². The first-order chi connectivity index (χ1) is 5.72. The molecule has 1 atom stereocenters. The van der Waals surface area contributed by atoms with E-state index < -0.39 is 6.10 Å². The molecule has 0 aromatic rings. The number of rotatable bonds is 5. The van der Waals surface area contributed by atoms with Crippen molar-refractivity contribution >= 4 is 5.97 Å². The zero-order chi connectivity index (χ0) is 8.97. The van der Waals surface area contributed by atoms with Crippen molar-refractivity contribution in [1.29, 1.82) is 0 Å². The zero-order valence-electron chi connectivity index (χ0n) is 6.90. The molecule has 4 nitrogen and oxygen atoms in total. The summed E-state index contributed by atoms with van der Waals surface area (Å²) >= 11 is 0. The SMILES string of the molecule is O=C(CC1CC1)OC[C@@H](O)CO. The number of aliphatic hydroxyl groups excluding tert-OH is 2. The van der Waals surface area contributed by atoms with Gasteiger partial charge in [-0.3, -0.25) is 4.79 Å². The van der Waals surface area contributed by atoms with E-state index in [9.17, 15) is 4.79 Å². The molecule has 0 aromatic heterocycles. The van der Waals surface area contributed by atoms with E-state index in [0.717, 1.165) is 12.8 Å². The number of esters is 1. The summed E-state index contributed by atoms with van der Waals surface area (Å²) in [5.41, 5.74) is 0. The van der Waals surface area contributed by atoms with E-state index in [4.69, 9.17) is 14.9 Å². The van der Waals surface area contributed by atoms with Crippen molar-refractivity contribution in [1.82, 2.24) is 0 Å². The van der Waals surface area contributed by atoms with Gasteiger partial charge < -0.3 is 14.9 Å². The van der Waals surface area contributed by atoms with Crippen LogP contribution in [0.4, 0.5) is 0 Å². The van der Waals surface area contributed by atoms with E-state index in [1.807, 2.05) is 0 Å². The molecule has 1 fully saturated rings. The van der Waals surface area contributed by atoms with E-state index in [1.165, 1.54) is 0 Å². The normalized spacial score (nSPS) is 18.8. The summed E-state index contributed by atoms with van der Waals surface area (Å²) in [4.78, 5) is 10.9. The number of hydrogen-bond acceptors (Lipinski definition) is 4. The Labute approximate surface area is 71.2 Å². The van der Waals surface area contributed by atoms with Crippen LogP contribution in [0.3, 0.4) is 0 Å². The summed E-state index contributed by atoms with van der Waals surface area (Å²) in [5.74, 6) is 0.230. The van der Waals surface area contributed by atoms with Gasteiger partial charge in [0.05, 0.1) is 6.61 Å². The van der Waals surface area contributed by atoms with Crippen LogP contribution in [0.2, 0.25) is 0 Å². The zero-order valence-corrected chi connectivity index (χ0v) is 6.90. The van der Waals surface area contributed by atoms with Gasteiger partial charge in [-0.1, -0.05) is 0 Å². The fourth-order valence-electron chi connectivity index (χ4n) is 0.858. The van der Waals surface area contributed by atoms with Gasteiger partial charge in [0.2, 0.25) is 0 Å². The molecule has 70 valence electrons. The van der Waals surface area contributed by atoms with Gasteiger partial charge in [0.15, 0.2) is 0 Å². The first kappa shape index (κ1) is 9.48. The van der Waals surface area contributed by atoms with E-state index in [2.05, 4.69) is 0 Å². The van der Waals surface area contributed by atoms with E-state index in [1.54, 1.807) is 0 Å². The Balaban J connectivity index is 2.00. The Morgan fingerprint density at radius 2 is 2.25 bits per heavy atom. The largest absolute Gasteiger partial charge is 0.463 e. The molecule has 1 aliphatic carbocycles. The van der Waals surface area contributed by atoms with Crippen LogP contribution >= 0.6 is 0 Å². The predicted octanol–water partition coefficient (Wildman–Crippen LogP) is -0.317. The van der Waals surface area contributed by atoms with Crippen LogP contribution in [-0.2, 0) is 9.53 Å². The van der Waals surface area contributed by atoms with Crippen LogP contribution in [0.15, 0.2) is 0 Å². The highest BCUT2D eigenvalue weighted by molar-refractivity contribution is 5.70. The third-order valence-corrected chi connectivity index (χ3v) is 1.80. The third-order valence-electron chi connectivity index (χ3n) is 1.80. The summed E-state index contributed by atoms with van der Waals surface area (Å²) in [6, 6.07) is 0. The van der Waals surface area contributed by atoms with Crippen LogP contribution in [0.25, 0.3) is 0 Å². The van der Waals surface area contributed by atoms with Crippen LogP contribution in [0.1, 0.15) is 19.3 Å². The molecule has 0 saturated heterocycles. The Hall–Kier alpha value is -0.610. The monoisotopic (exact) mass is 174 g/mol. The molecule has 0 spiro atoms. The highest BCUT2D eigenvalue weighted by Crippen LogP contribution is 2.32. The lowest BCUT2D eigenvalue weighted by Gasteiger charge is -2.07. The van der Waals surface area contributed by atoms with Crippen molar-refractivity contribution in [3.8, 4) is 0 Å². The molecule has 0 radical (unpaired) electrons. The van der Waals surface area contributed by atoms with Crippen LogP contribution in [0.5, 0.6) is 0 Å². The summed E-state index contributed by atoms with van der Waals surface area (Å²) < 4.78 is 4.70. The van der Waals surface area contributed by atoms with Crippen LogP contribution in [-0.4, -0.2) is 35.5 Å². The number of ether oxygens (including phenoxy) is 1. The Bertz CT molecular complexity index is 153. The second-order valence-corrected chi connectivity index (χ2v) is 3.17. The smallest absolute Gasteiger partial charge is 0.306 e. The number of aliphatic hydroxyl groups is 2. The van der Waals surface area contributed by atoms with Gasteiger partial charge in [0.1, 0.15) is 12.7 Å². The Morgan fingerprint density at radius 3 is 2.75 bits per heavy atom. The second kappa shape index (κ2) is 4.42. The maximum Gasteiger partial charge on any atom is 0.306 e. The van der Waals surface area contributed by atoms with Gasteiger partial charge in [-0.05, 0) is 18.8 Å². The van der Waals surface area contributed by atoms with Gasteiger partial charge >= 0.3 is 5.97 Å². The standard InChI is InChI=1S/C8H14O4/c9-4-7(10)5-12-8(11)3-6-1-2-6/h6-7,9-10H,1-5H2/t7-/m0/s1. The maximum absolute atomic E-state index is 10.9. The molecule has 1 rings (SSSR count). The average Bonchev–Trinajstić information content (AvgIpc) is 2.84. The maximum atomic E-state index is 10.9. The summed E-state index contributed by atoms with van der Waals surface area (Å²) in [7, 11) is 0. The van der Waals surface area contributed by atoms with Gasteiger partial charge in [-0.2, -0.15) is 0 Å². The minimum Gasteiger partial charge on any atom is -0.463 e. The molecular weight excluding hydrogens is 160 g/mol. The summed E-state index contributed by atoms with van der Waals surface area (Å²) in [6.07, 6.45) is 1.74. The van der Waals surface area contributed by atoms with Crippen LogP contribution < -0.4 is 0 Å². The molecule has 1 aliphatic rings. The van der Waals surface area contributed by atoms with Gasteiger partial charge in [0, 0.05) is 6.42 Å². The van der Waals surface area contributed by atoms with Crippen molar-refractivity contribution in [3.05, 3.63) is 0 Å². The van der Waals surface area contributed by atoms with Gasteiger partial charge in [0.25, 0.3) is 0 Å². The number of carbonyl (C=O) groups excluding carboxylic acids is 1. The molecule has 2 N–H and O–H groups in total. The minimum absolute atomic E-state index is 0.0952. The lowest BCUT2D eigenvalue weighted by atomic mass is 10.3. The molecule has 0 aromatic carbocycles. The average molecular weight is 174 g/mol. The fourth-order valence-corrected chi connectivity index (χ4v) is 0.858. The second-order valence-electron chi connectivity index (χ2n) is 3.17. The van der Waals surface area contributed by atoms with Crippen molar-refractivity contribution in [2.75, 3.05) is 13.2 Å². The lowest BCUT2D eigenvalue weighted by Crippen LogP contribution is -2.21. The van der Waals surface area contributed by atoms with Crippen molar-refractivity contribution in [2.24, 2.45) is 5.92 Å². The quantitative estimate of drug-likeness (QED) is 0.561. The number of carbonyl (C=O) groups is 1. The molecule has 0 heterocycles. The van der Waals surface area contributed by atoms with E-state index in [0.29, 0.717) is 12.3 Å². The highest BCUT2D eigenvalue weighted by atomic mass is 16.5. The first-order valence-electron chi connectivity index (χ1n) is 4.17. The Morgan fingerprint density at radius 1 is 1.58 bits per heavy atom. The van der Waals surface area contributed by atoms with E-state index >= 15 is 0 Å². The topological polar surface area (TPSA) is 66.8 Å². The fraction of sp³-hybridized carbons (Fsp3) is 0.875. The third kappa shape index (κ3) is 3.69. The molecule has 0 amide bonds. The van der Waals surface area contributed by atoms with Crippen LogP contribution in [0, 0.1) is 5.92 Å². The Kier molecular flexibility index (Phi) is 3.49. The molecule has 0 bridgehead atoms. The number of hydrogen-bond donors (Lipinski definition) is 2. The summed E-state index contributed by atoms with van der Waals surface area (Å²) in [6.45, 7) is -0.460. The predicted molar refractivity (Wildman–Crippen MR) is 41.4 cm³/mol. The van der Waals surface area contributed by atoms with Crippen molar-refractivity contribution in [2.45, 2.75) is 25.4 Å². The molecule has 0 unspecified atom stereocenters. The first-order valence-corrected chi connectivity index (χ1v) is 4.17. The van der Waals surface area contributed by atoms with E-state index in [-0.39, 0.29) is 19.2 Å². The molecule has 12 heavy (non-hydrogen) atoms. The van der Waals surface area contributed by atoms with Gasteiger partial charge in [-0.15, -0.1) is 0 Å².